The van der Waals surface area contributed by atoms with E-state index in [0.717, 1.165) is 35.8 Å². The molecule has 0 heterocycles. The fourth-order valence-corrected chi connectivity index (χ4v) is 4.22. The SMILES string of the molecule is Cc1cc([C@H]2CC3CCCC[C@H]3C2)cc(C(F)(F)F)c1. The molecule has 3 heteroatoms. The Morgan fingerprint density at radius 1 is 0.950 bits per heavy atom. The Morgan fingerprint density at radius 3 is 2.10 bits per heavy atom. The van der Waals surface area contributed by atoms with Gasteiger partial charge in [-0.2, -0.15) is 13.2 Å². The maximum atomic E-state index is 12.9. The van der Waals surface area contributed by atoms with Gasteiger partial charge in [0.15, 0.2) is 0 Å². The average molecular weight is 282 g/mol. The molecule has 0 amide bonds. The average Bonchev–Trinajstić information content (AvgIpc) is 2.80. The van der Waals surface area contributed by atoms with Crippen LogP contribution in [0.2, 0.25) is 0 Å². The summed E-state index contributed by atoms with van der Waals surface area (Å²) >= 11 is 0. The van der Waals surface area contributed by atoms with Gasteiger partial charge in [-0.25, -0.2) is 0 Å². The maximum Gasteiger partial charge on any atom is 0.416 e. The minimum atomic E-state index is -4.23. The van der Waals surface area contributed by atoms with E-state index in [9.17, 15) is 13.2 Å². The summed E-state index contributed by atoms with van der Waals surface area (Å²) in [5.41, 5.74) is 1.15. The van der Waals surface area contributed by atoms with Crippen LogP contribution < -0.4 is 0 Å². The third-order valence-corrected chi connectivity index (χ3v) is 5.14. The predicted octanol–water partition coefficient (Wildman–Crippen LogP) is 5.70. The van der Waals surface area contributed by atoms with E-state index in [0.29, 0.717) is 5.92 Å². The summed E-state index contributed by atoms with van der Waals surface area (Å²) in [5.74, 6) is 1.84. The molecule has 0 aromatic heterocycles. The van der Waals surface area contributed by atoms with E-state index in [4.69, 9.17) is 0 Å². The second kappa shape index (κ2) is 5.09. The van der Waals surface area contributed by atoms with E-state index < -0.39 is 11.7 Å². The molecule has 3 rings (SSSR count). The first-order chi connectivity index (χ1) is 9.43. The Morgan fingerprint density at radius 2 is 1.55 bits per heavy atom. The van der Waals surface area contributed by atoms with Crippen molar-refractivity contribution in [1.82, 2.24) is 0 Å². The second-order valence-electron chi connectivity index (χ2n) is 6.60. The summed E-state index contributed by atoms with van der Waals surface area (Å²) < 4.78 is 38.8. The van der Waals surface area contributed by atoms with Gasteiger partial charge in [-0.05, 0) is 55.2 Å². The van der Waals surface area contributed by atoms with Crippen LogP contribution in [0.4, 0.5) is 13.2 Å². The van der Waals surface area contributed by atoms with Crippen molar-refractivity contribution >= 4 is 0 Å². The van der Waals surface area contributed by atoms with Crippen molar-refractivity contribution in [2.45, 2.75) is 57.5 Å². The molecular weight excluding hydrogens is 261 g/mol. The first-order valence-corrected chi connectivity index (χ1v) is 7.62. The number of halogens is 3. The zero-order valence-electron chi connectivity index (χ0n) is 11.8. The number of alkyl halides is 3. The van der Waals surface area contributed by atoms with Gasteiger partial charge in [-0.3, -0.25) is 0 Å². The molecule has 0 nitrogen and oxygen atoms in total. The summed E-state index contributed by atoms with van der Waals surface area (Å²) in [6.07, 6.45) is 3.10. The van der Waals surface area contributed by atoms with Gasteiger partial charge >= 0.3 is 6.18 Å². The minimum absolute atomic E-state index is 0.337. The zero-order valence-corrected chi connectivity index (χ0v) is 11.8. The molecule has 0 spiro atoms. The van der Waals surface area contributed by atoms with Crippen LogP contribution in [0.5, 0.6) is 0 Å². The number of aryl methyl sites for hydroxylation is 1. The molecule has 1 aromatic carbocycles. The smallest absolute Gasteiger partial charge is 0.166 e. The third-order valence-electron chi connectivity index (χ3n) is 5.14. The highest BCUT2D eigenvalue weighted by molar-refractivity contribution is 5.34. The van der Waals surface area contributed by atoms with Crippen LogP contribution in [0.3, 0.4) is 0 Å². The van der Waals surface area contributed by atoms with Crippen molar-refractivity contribution in [3.8, 4) is 0 Å². The molecule has 110 valence electrons. The fourth-order valence-electron chi connectivity index (χ4n) is 4.22. The lowest BCUT2D eigenvalue weighted by molar-refractivity contribution is -0.137. The van der Waals surface area contributed by atoms with E-state index in [1.807, 2.05) is 6.07 Å². The van der Waals surface area contributed by atoms with Crippen LogP contribution in [-0.4, -0.2) is 0 Å². The van der Waals surface area contributed by atoms with Gasteiger partial charge in [0.2, 0.25) is 0 Å². The highest BCUT2D eigenvalue weighted by Gasteiger charge is 2.37. The molecule has 2 fully saturated rings. The van der Waals surface area contributed by atoms with Crippen molar-refractivity contribution < 1.29 is 13.2 Å². The molecule has 0 aliphatic heterocycles. The van der Waals surface area contributed by atoms with Gasteiger partial charge in [0.25, 0.3) is 0 Å². The Balaban J connectivity index is 1.85. The van der Waals surface area contributed by atoms with Crippen LogP contribution in [0, 0.1) is 18.8 Å². The number of hydrogen-bond donors (Lipinski definition) is 0. The fraction of sp³-hybridized carbons (Fsp3) is 0.647. The van der Waals surface area contributed by atoms with Crippen molar-refractivity contribution in [1.29, 1.82) is 0 Å². The number of fused-ring (bicyclic) bond motifs is 1. The molecule has 1 aromatic rings. The predicted molar refractivity (Wildman–Crippen MR) is 73.6 cm³/mol. The zero-order chi connectivity index (χ0) is 14.3. The monoisotopic (exact) mass is 282 g/mol. The largest absolute Gasteiger partial charge is 0.416 e. The number of rotatable bonds is 1. The van der Waals surface area contributed by atoms with Gasteiger partial charge < -0.3 is 0 Å². The third kappa shape index (κ3) is 2.72. The summed E-state index contributed by atoms with van der Waals surface area (Å²) in [6.45, 7) is 1.76. The molecular formula is C17H21F3. The molecule has 2 saturated carbocycles. The molecule has 20 heavy (non-hydrogen) atoms. The molecule has 1 unspecified atom stereocenters. The lowest BCUT2D eigenvalue weighted by Crippen LogP contribution is -2.12. The Hall–Kier alpha value is -0.990. The molecule has 0 bridgehead atoms. The van der Waals surface area contributed by atoms with Gasteiger partial charge in [0.1, 0.15) is 0 Å². The van der Waals surface area contributed by atoms with Crippen molar-refractivity contribution in [3.05, 3.63) is 34.9 Å². The first kappa shape index (κ1) is 14.0. The summed E-state index contributed by atoms with van der Waals surface area (Å²) in [6, 6.07) is 4.59. The Kier molecular flexibility index (Phi) is 3.55. The van der Waals surface area contributed by atoms with Crippen LogP contribution in [0.1, 0.15) is 61.1 Å². The maximum absolute atomic E-state index is 12.9. The van der Waals surface area contributed by atoms with E-state index >= 15 is 0 Å². The van der Waals surface area contributed by atoms with Gasteiger partial charge in [0, 0.05) is 0 Å². The van der Waals surface area contributed by atoms with Crippen LogP contribution >= 0.6 is 0 Å². The van der Waals surface area contributed by atoms with Gasteiger partial charge in [0.05, 0.1) is 5.56 Å². The molecule has 0 saturated heterocycles. The van der Waals surface area contributed by atoms with Crippen molar-refractivity contribution in [3.63, 3.8) is 0 Å². The normalized spacial score (nSPS) is 30.3. The highest BCUT2D eigenvalue weighted by Crippen LogP contribution is 2.49. The Labute approximate surface area is 118 Å². The summed E-state index contributed by atoms with van der Waals surface area (Å²) in [7, 11) is 0. The number of hydrogen-bond acceptors (Lipinski definition) is 0. The number of benzene rings is 1. The minimum Gasteiger partial charge on any atom is -0.166 e. The molecule has 0 radical (unpaired) electrons. The topological polar surface area (TPSA) is 0 Å². The van der Waals surface area contributed by atoms with Crippen LogP contribution in [-0.2, 0) is 6.18 Å². The quantitative estimate of drug-likeness (QED) is 0.620. The molecule has 2 aliphatic rings. The highest BCUT2D eigenvalue weighted by atomic mass is 19.4. The Bertz CT molecular complexity index is 475. The van der Waals surface area contributed by atoms with Crippen molar-refractivity contribution in [2.75, 3.05) is 0 Å². The molecule has 0 N–H and O–H groups in total. The van der Waals surface area contributed by atoms with E-state index in [1.165, 1.54) is 37.8 Å². The standard InChI is InChI=1S/C17H21F3/c1-11-6-14(10-16(7-11)17(18,19)20)15-8-12-4-2-3-5-13(12)9-15/h6-7,10,12-13,15H,2-5,8-9H2,1H3/t12-,13?,15+/m0/s1. The first-order valence-electron chi connectivity index (χ1n) is 7.62. The lowest BCUT2D eigenvalue weighted by Gasteiger charge is -2.24. The van der Waals surface area contributed by atoms with E-state index in [-0.39, 0.29) is 0 Å². The van der Waals surface area contributed by atoms with Gasteiger partial charge in [-0.1, -0.05) is 37.3 Å². The van der Waals surface area contributed by atoms with Crippen molar-refractivity contribution in [2.24, 2.45) is 11.8 Å². The van der Waals surface area contributed by atoms with Crippen LogP contribution in [0.25, 0.3) is 0 Å². The van der Waals surface area contributed by atoms with Gasteiger partial charge in [-0.15, -0.1) is 0 Å². The summed E-state index contributed by atoms with van der Waals surface area (Å²) in [4.78, 5) is 0. The molecule has 2 aliphatic carbocycles. The summed E-state index contributed by atoms with van der Waals surface area (Å²) in [5, 5.41) is 0. The van der Waals surface area contributed by atoms with E-state index in [2.05, 4.69) is 0 Å². The lowest BCUT2D eigenvalue weighted by atomic mass is 9.82. The van der Waals surface area contributed by atoms with Crippen LogP contribution in [0.15, 0.2) is 18.2 Å². The molecule has 3 atom stereocenters. The van der Waals surface area contributed by atoms with E-state index in [1.54, 1.807) is 6.92 Å². The second-order valence-corrected chi connectivity index (χ2v) is 6.60.